The molecule has 41 heavy (non-hydrogen) atoms. The number of aromatic nitrogens is 7. The molecule has 4 aromatic rings. The van der Waals surface area contributed by atoms with Gasteiger partial charge >= 0.3 is 0 Å². The molecule has 4 aromatic heterocycles. The number of hydrogen-bond donors (Lipinski definition) is 1. The minimum Gasteiger partial charge on any atom is -0.379 e. The van der Waals surface area contributed by atoms with Gasteiger partial charge in [-0.05, 0) is 51.2 Å². The number of methoxy groups -OCH3 is 1. The summed E-state index contributed by atoms with van der Waals surface area (Å²) < 4.78 is 31.7. The first-order valence-electron chi connectivity index (χ1n) is 13.9. The number of anilines is 1. The van der Waals surface area contributed by atoms with Crippen LogP contribution in [0, 0.1) is 6.92 Å². The highest BCUT2D eigenvalue weighted by Crippen LogP contribution is 2.43. The molecule has 6 rings (SSSR count). The van der Waals surface area contributed by atoms with Gasteiger partial charge in [-0.1, -0.05) is 6.92 Å². The van der Waals surface area contributed by atoms with Crippen molar-refractivity contribution in [1.29, 1.82) is 0 Å². The molecule has 2 aliphatic carbocycles. The maximum absolute atomic E-state index is 14.0. The molecule has 0 spiro atoms. The zero-order chi connectivity index (χ0) is 28.7. The molecule has 0 aromatic carbocycles. The summed E-state index contributed by atoms with van der Waals surface area (Å²) in [6.07, 6.45) is 9.10. The van der Waals surface area contributed by atoms with Crippen molar-refractivity contribution in [2.24, 2.45) is 0 Å². The first-order chi connectivity index (χ1) is 19.8. The van der Waals surface area contributed by atoms with Crippen LogP contribution in [0.5, 0.6) is 0 Å². The SMILES string of the molecule is CCS(=O)(=O)c1ccc(CNc2nc3cnc(-c4c(C)ncnc4C4CC4)nc3n([C@H]3CCC[C@@H]3OC)c2=O)nc1. The fraction of sp³-hybridized carbons (Fsp3) is 0.464. The van der Waals surface area contributed by atoms with E-state index in [0.717, 1.165) is 49.1 Å². The Labute approximate surface area is 237 Å². The maximum Gasteiger partial charge on any atom is 0.295 e. The molecule has 2 atom stereocenters. The fourth-order valence-electron chi connectivity index (χ4n) is 5.50. The number of nitrogens with one attached hydrogen (secondary N) is 1. The van der Waals surface area contributed by atoms with Crippen LogP contribution in [-0.4, -0.2) is 61.9 Å². The molecule has 0 radical (unpaired) electrons. The van der Waals surface area contributed by atoms with Gasteiger partial charge in [0.15, 0.2) is 27.1 Å². The first-order valence-corrected chi connectivity index (χ1v) is 15.5. The molecular formula is C28H32N8O4S. The summed E-state index contributed by atoms with van der Waals surface area (Å²) in [6.45, 7) is 3.70. The number of sulfone groups is 1. The van der Waals surface area contributed by atoms with Gasteiger partial charge in [0.1, 0.15) is 11.8 Å². The van der Waals surface area contributed by atoms with Gasteiger partial charge in [0.05, 0.1) is 58.2 Å². The Hall–Kier alpha value is -3.84. The number of fused-ring (bicyclic) bond motifs is 1. The Bertz CT molecular complexity index is 1770. The molecule has 2 aliphatic rings. The Kier molecular flexibility index (Phi) is 7.24. The number of hydrogen-bond acceptors (Lipinski definition) is 11. The van der Waals surface area contributed by atoms with E-state index < -0.39 is 9.84 Å². The largest absolute Gasteiger partial charge is 0.379 e. The van der Waals surface area contributed by atoms with Gasteiger partial charge in [-0.15, -0.1) is 0 Å². The molecule has 0 amide bonds. The van der Waals surface area contributed by atoms with Crippen LogP contribution in [0.15, 0.2) is 40.5 Å². The van der Waals surface area contributed by atoms with Crippen LogP contribution in [0.2, 0.25) is 0 Å². The predicted octanol–water partition coefficient (Wildman–Crippen LogP) is 3.37. The van der Waals surface area contributed by atoms with Crippen LogP contribution < -0.4 is 10.9 Å². The van der Waals surface area contributed by atoms with Crippen LogP contribution in [0.3, 0.4) is 0 Å². The average molecular weight is 577 g/mol. The quantitative estimate of drug-likeness (QED) is 0.312. The Morgan fingerprint density at radius 3 is 2.59 bits per heavy atom. The second-order valence-electron chi connectivity index (χ2n) is 10.5. The van der Waals surface area contributed by atoms with Gasteiger partial charge in [-0.25, -0.2) is 33.3 Å². The van der Waals surface area contributed by atoms with E-state index in [-0.39, 0.29) is 40.7 Å². The van der Waals surface area contributed by atoms with Crippen LogP contribution >= 0.6 is 0 Å². The third kappa shape index (κ3) is 5.19. The van der Waals surface area contributed by atoms with Crippen LogP contribution in [0.1, 0.15) is 68.1 Å². The third-order valence-corrected chi connectivity index (χ3v) is 9.63. The number of aryl methyl sites for hydroxylation is 1. The zero-order valence-electron chi connectivity index (χ0n) is 23.2. The first kappa shape index (κ1) is 27.3. The monoisotopic (exact) mass is 576 g/mol. The smallest absolute Gasteiger partial charge is 0.295 e. The molecule has 0 aliphatic heterocycles. The van der Waals surface area contributed by atoms with E-state index in [2.05, 4.69) is 30.2 Å². The van der Waals surface area contributed by atoms with Gasteiger partial charge in [-0.3, -0.25) is 14.3 Å². The molecule has 214 valence electrons. The van der Waals surface area contributed by atoms with Crippen LogP contribution in [-0.2, 0) is 21.1 Å². The van der Waals surface area contributed by atoms with Crippen molar-refractivity contribution >= 4 is 26.8 Å². The van der Waals surface area contributed by atoms with E-state index in [0.29, 0.717) is 28.6 Å². The normalized spacial score (nSPS) is 19.1. The molecule has 0 unspecified atom stereocenters. The van der Waals surface area contributed by atoms with Crippen molar-refractivity contribution in [3.8, 4) is 11.4 Å². The Morgan fingerprint density at radius 1 is 1.05 bits per heavy atom. The van der Waals surface area contributed by atoms with Gasteiger partial charge in [0.25, 0.3) is 5.56 Å². The summed E-state index contributed by atoms with van der Waals surface area (Å²) in [5.74, 6) is 0.987. The fourth-order valence-corrected chi connectivity index (χ4v) is 6.32. The van der Waals surface area contributed by atoms with Gasteiger partial charge in [-0.2, -0.15) is 0 Å². The summed E-state index contributed by atoms with van der Waals surface area (Å²) in [4.78, 5) is 41.5. The third-order valence-electron chi connectivity index (χ3n) is 7.91. The molecule has 0 bridgehead atoms. The van der Waals surface area contributed by atoms with E-state index in [4.69, 9.17) is 9.72 Å². The molecular weight excluding hydrogens is 544 g/mol. The lowest BCUT2D eigenvalue weighted by molar-refractivity contribution is 0.0751. The van der Waals surface area contributed by atoms with Crippen molar-refractivity contribution in [3.05, 3.63) is 58.3 Å². The number of ether oxygens (including phenoxy) is 1. The van der Waals surface area contributed by atoms with Crippen molar-refractivity contribution in [2.75, 3.05) is 18.2 Å². The average Bonchev–Trinajstić information content (AvgIpc) is 3.73. The summed E-state index contributed by atoms with van der Waals surface area (Å²) in [5, 5.41) is 3.11. The number of pyridine rings is 1. The van der Waals surface area contributed by atoms with Gasteiger partial charge in [0, 0.05) is 19.2 Å². The lowest BCUT2D eigenvalue weighted by atomic mass is 10.1. The van der Waals surface area contributed by atoms with Gasteiger partial charge < -0.3 is 10.1 Å². The van der Waals surface area contributed by atoms with Crippen molar-refractivity contribution < 1.29 is 13.2 Å². The zero-order valence-corrected chi connectivity index (χ0v) is 24.1. The predicted molar refractivity (Wildman–Crippen MR) is 152 cm³/mol. The minimum absolute atomic E-state index is 0.000985. The van der Waals surface area contributed by atoms with E-state index in [1.54, 1.807) is 37.2 Å². The van der Waals surface area contributed by atoms with E-state index in [1.165, 1.54) is 12.3 Å². The summed E-state index contributed by atoms with van der Waals surface area (Å²) in [5.41, 5.74) is 3.72. The Morgan fingerprint density at radius 2 is 1.88 bits per heavy atom. The maximum atomic E-state index is 14.0. The second kappa shape index (κ2) is 10.9. The molecule has 2 fully saturated rings. The van der Waals surface area contributed by atoms with Crippen molar-refractivity contribution in [2.45, 2.75) is 75.5 Å². The van der Waals surface area contributed by atoms with E-state index in [1.807, 2.05) is 6.92 Å². The molecule has 12 nitrogen and oxygen atoms in total. The number of rotatable bonds is 9. The number of nitrogens with zero attached hydrogens (tertiary/aromatic N) is 7. The Balaban J connectivity index is 1.41. The molecule has 4 heterocycles. The highest BCUT2D eigenvalue weighted by atomic mass is 32.2. The van der Waals surface area contributed by atoms with Gasteiger partial charge in [0.2, 0.25) is 0 Å². The van der Waals surface area contributed by atoms with Crippen molar-refractivity contribution in [3.63, 3.8) is 0 Å². The summed E-state index contributed by atoms with van der Waals surface area (Å²) in [6, 6.07) is 2.94. The van der Waals surface area contributed by atoms with E-state index >= 15 is 0 Å². The second-order valence-corrected chi connectivity index (χ2v) is 12.8. The lowest BCUT2D eigenvalue weighted by Crippen LogP contribution is -2.33. The lowest BCUT2D eigenvalue weighted by Gasteiger charge is -2.23. The van der Waals surface area contributed by atoms with Crippen molar-refractivity contribution in [1.82, 2.24) is 34.5 Å². The molecule has 2 saturated carbocycles. The summed E-state index contributed by atoms with van der Waals surface area (Å²) >= 11 is 0. The standard InChI is InChI=1S/C28H32N8O4S/c1-4-41(38,39)19-11-10-18(29-13-19)12-30-26-28(37)36(21-6-5-7-22(21)40-3)27-20(34-26)14-31-25(35-27)23-16(2)32-15-33-24(23)17-8-9-17/h10-11,13-15,17,21-22H,4-9,12H2,1-3H3,(H,30,34)/t21-,22-/m0/s1. The van der Waals surface area contributed by atoms with Crippen LogP contribution in [0.4, 0.5) is 5.82 Å². The topological polar surface area (TPSA) is 155 Å². The molecule has 1 N–H and O–H groups in total. The van der Waals surface area contributed by atoms with E-state index in [9.17, 15) is 13.2 Å². The highest BCUT2D eigenvalue weighted by Gasteiger charge is 2.33. The minimum atomic E-state index is -3.35. The van der Waals surface area contributed by atoms with Crippen LogP contribution in [0.25, 0.3) is 22.6 Å². The molecule has 13 heteroatoms. The highest BCUT2D eigenvalue weighted by molar-refractivity contribution is 7.91. The summed E-state index contributed by atoms with van der Waals surface area (Å²) in [7, 11) is -1.68. The molecule has 0 saturated heterocycles.